The Morgan fingerprint density at radius 2 is 2.04 bits per heavy atom. The average Bonchev–Trinajstić information content (AvgIpc) is 3.18. The molecule has 144 valence electrons. The first-order chi connectivity index (χ1) is 13.2. The summed E-state index contributed by atoms with van der Waals surface area (Å²) in [5, 5.41) is 0. The Kier molecular flexibility index (Phi) is 5.86. The van der Waals surface area contributed by atoms with Gasteiger partial charge in [0.15, 0.2) is 0 Å². The Labute approximate surface area is 165 Å². The third-order valence-corrected chi connectivity index (χ3v) is 6.23. The average molecular weight is 386 g/mol. The molecule has 6 heteroatoms. The van der Waals surface area contributed by atoms with E-state index in [-0.39, 0.29) is 0 Å². The fourth-order valence-electron chi connectivity index (χ4n) is 3.67. The molecule has 1 unspecified atom stereocenters. The first kappa shape index (κ1) is 18.6. The molecule has 1 aromatic heterocycles. The predicted molar refractivity (Wildman–Crippen MR) is 110 cm³/mol. The summed E-state index contributed by atoms with van der Waals surface area (Å²) >= 11 is 1.60. The standard InChI is InChI=1S/C21H27N3O2S/c1-24-10-7-16-13-20(21(25-2)22-19(16)8-11-24)23-27-18-5-3-15(4-6-18)17-9-12-26-14-17/h3-6,13,17,23H,7-12,14H2,1-2H3. The molecular weight excluding hydrogens is 358 g/mol. The molecule has 1 saturated heterocycles. The second-order valence-electron chi connectivity index (χ2n) is 7.29. The zero-order chi connectivity index (χ0) is 18.6. The topological polar surface area (TPSA) is 46.6 Å². The monoisotopic (exact) mass is 385 g/mol. The maximum atomic E-state index is 5.54. The second-order valence-corrected chi connectivity index (χ2v) is 8.17. The van der Waals surface area contributed by atoms with Gasteiger partial charge in [-0.2, -0.15) is 0 Å². The van der Waals surface area contributed by atoms with Gasteiger partial charge in [0.05, 0.1) is 13.7 Å². The highest BCUT2D eigenvalue weighted by Crippen LogP contribution is 2.32. The van der Waals surface area contributed by atoms with Crippen LogP contribution in [-0.2, 0) is 17.6 Å². The van der Waals surface area contributed by atoms with Gasteiger partial charge < -0.3 is 19.1 Å². The Morgan fingerprint density at radius 1 is 1.22 bits per heavy atom. The van der Waals surface area contributed by atoms with Crippen molar-refractivity contribution in [3.63, 3.8) is 0 Å². The van der Waals surface area contributed by atoms with E-state index < -0.39 is 0 Å². The third-order valence-electron chi connectivity index (χ3n) is 5.40. The lowest BCUT2D eigenvalue weighted by atomic mass is 9.99. The van der Waals surface area contributed by atoms with Crippen molar-refractivity contribution in [2.24, 2.45) is 0 Å². The highest BCUT2D eigenvalue weighted by molar-refractivity contribution is 8.00. The number of hydrogen-bond donors (Lipinski definition) is 1. The molecule has 0 aliphatic carbocycles. The smallest absolute Gasteiger partial charge is 0.238 e. The van der Waals surface area contributed by atoms with Crippen LogP contribution in [0.25, 0.3) is 0 Å². The van der Waals surface area contributed by atoms with Gasteiger partial charge in [-0.15, -0.1) is 0 Å². The van der Waals surface area contributed by atoms with Crippen molar-refractivity contribution in [2.75, 3.05) is 45.2 Å². The van der Waals surface area contributed by atoms with Gasteiger partial charge in [0.2, 0.25) is 5.88 Å². The van der Waals surface area contributed by atoms with Crippen LogP contribution in [0.1, 0.15) is 29.2 Å². The number of likely N-dealkylation sites (N-methyl/N-ethyl adjacent to an activating group) is 1. The van der Waals surface area contributed by atoms with Crippen LogP contribution in [0, 0.1) is 0 Å². The first-order valence-electron chi connectivity index (χ1n) is 9.59. The van der Waals surface area contributed by atoms with Crippen molar-refractivity contribution >= 4 is 17.6 Å². The number of pyridine rings is 1. The number of ether oxygens (including phenoxy) is 2. The van der Waals surface area contributed by atoms with E-state index in [9.17, 15) is 0 Å². The number of hydrogen-bond acceptors (Lipinski definition) is 6. The number of anilines is 1. The molecule has 2 aromatic rings. The van der Waals surface area contributed by atoms with E-state index in [0.29, 0.717) is 11.8 Å². The van der Waals surface area contributed by atoms with Crippen LogP contribution in [0.15, 0.2) is 35.2 Å². The number of fused-ring (bicyclic) bond motifs is 1. The van der Waals surface area contributed by atoms with E-state index in [2.05, 4.69) is 47.0 Å². The molecule has 4 rings (SSSR count). The Balaban J connectivity index is 1.46. The van der Waals surface area contributed by atoms with Gasteiger partial charge in [-0.25, -0.2) is 4.98 Å². The molecular formula is C21H27N3O2S. The second kappa shape index (κ2) is 8.50. The fraction of sp³-hybridized carbons (Fsp3) is 0.476. The quantitative estimate of drug-likeness (QED) is 0.791. The lowest BCUT2D eigenvalue weighted by molar-refractivity contribution is 0.194. The molecule has 0 saturated carbocycles. The largest absolute Gasteiger partial charge is 0.479 e. The molecule has 2 aliphatic rings. The molecule has 5 nitrogen and oxygen atoms in total. The summed E-state index contributed by atoms with van der Waals surface area (Å²) in [5.41, 5.74) is 4.79. The van der Waals surface area contributed by atoms with Gasteiger partial charge in [0.1, 0.15) is 5.69 Å². The molecule has 0 radical (unpaired) electrons. The summed E-state index contributed by atoms with van der Waals surface area (Å²) in [6.07, 6.45) is 3.13. The van der Waals surface area contributed by atoms with Crippen molar-refractivity contribution < 1.29 is 9.47 Å². The van der Waals surface area contributed by atoms with Crippen LogP contribution < -0.4 is 9.46 Å². The minimum Gasteiger partial charge on any atom is -0.479 e. The van der Waals surface area contributed by atoms with Gasteiger partial charge >= 0.3 is 0 Å². The predicted octanol–water partition coefficient (Wildman–Crippen LogP) is 3.74. The molecule has 1 aromatic carbocycles. The van der Waals surface area contributed by atoms with Crippen molar-refractivity contribution in [3.05, 3.63) is 47.2 Å². The summed E-state index contributed by atoms with van der Waals surface area (Å²) in [6.45, 7) is 3.84. The fourth-order valence-corrected chi connectivity index (χ4v) is 4.32. The van der Waals surface area contributed by atoms with Gasteiger partial charge in [-0.3, -0.25) is 0 Å². The summed E-state index contributed by atoms with van der Waals surface area (Å²) in [6, 6.07) is 11.0. The normalized spacial score (nSPS) is 20.1. The zero-order valence-electron chi connectivity index (χ0n) is 16.0. The summed E-state index contributed by atoms with van der Waals surface area (Å²) in [5.74, 6) is 1.22. The van der Waals surface area contributed by atoms with Gasteiger partial charge in [-0.05, 0) is 61.2 Å². The third kappa shape index (κ3) is 4.39. The first-order valence-corrected chi connectivity index (χ1v) is 10.4. The number of rotatable bonds is 5. The maximum Gasteiger partial charge on any atom is 0.238 e. The molecule has 1 atom stereocenters. The van der Waals surface area contributed by atoms with Crippen molar-refractivity contribution in [1.82, 2.24) is 9.88 Å². The van der Waals surface area contributed by atoms with E-state index in [1.807, 2.05) is 0 Å². The van der Waals surface area contributed by atoms with Crippen molar-refractivity contribution in [3.8, 4) is 5.88 Å². The molecule has 27 heavy (non-hydrogen) atoms. The van der Waals surface area contributed by atoms with E-state index in [1.165, 1.54) is 16.0 Å². The number of aromatic nitrogens is 1. The van der Waals surface area contributed by atoms with Crippen molar-refractivity contribution in [2.45, 2.75) is 30.1 Å². The number of nitrogens with one attached hydrogen (secondary N) is 1. The highest BCUT2D eigenvalue weighted by atomic mass is 32.2. The number of benzene rings is 1. The van der Waals surface area contributed by atoms with E-state index in [4.69, 9.17) is 14.5 Å². The number of methoxy groups -OCH3 is 1. The Bertz CT molecular complexity index is 776. The SMILES string of the molecule is COc1nc2c(cc1NSc1ccc(C3CCOC3)cc1)CCN(C)CC2. The Morgan fingerprint density at radius 3 is 2.78 bits per heavy atom. The molecule has 1 N–H and O–H groups in total. The zero-order valence-corrected chi connectivity index (χ0v) is 16.8. The maximum absolute atomic E-state index is 5.54. The molecule has 0 bridgehead atoms. The van der Waals surface area contributed by atoms with Gasteiger partial charge in [0.25, 0.3) is 0 Å². The van der Waals surface area contributed by atoms with Crippen LogP contribution in [-0.4, -0.2) is 50.3 Å². The molecule has 1 fully saturated rings. The summed E-state index contributed by atoms with van der Waals surface area (Å²) in [7, 11) is 3.85. The van der Waals surface area contributed by atoms with E-state index in [0.717, 1.165) is 56.9 Å². The molecule has 3 heterocycles. The Hall–Kier alpha value is -1.76. The highest BCUT2D eigenvalue weighted by Gasteiger charge is 2.18. The van der Waals surface area contributed by atoms with Crippen LogP contribution in [0.2, 0.25) is 0 Å². The minimum atomic E-state index is 0.545. The van der Waals surface area contributed by atoms with E-state index in [1.54, 1.807) is 19.1 Å². The van der Waals surface area contributed by atoms with Crippen LogP contribution in [0.3, 0.4) is 0 Å². The lowest BCUT2D eigenvalue weighted by Crippen LogP contribution is -2.20. The molecule has 0 spiro atoms. The number of nitrogens with zero attached hydrogens (tertiary/aromatic N) is 2. The van der Waals surface area contributed by atoms with Crippen LogP contribution in [0.5, 0.6) is 5.88 Å². The van der Waals surface area contributed by atoms with Gasteiger partial charge in [0, 0.05) is 42.6 Å². The molecule has 0 amide bonds. The summed E-state index contributed by atoms with van der Waals surface area (Å²) < 4.78 is 14.5. The van der Waals surface area contributed by atoms with Crippen molar-refractivity contribution in [1.29, 1.82) is 0 Å². The summed E-state index contributed by atoms with van der Waals surface area (Å²) in [4.78, 5) is 8.30. The lowest BCUT2D eigenvalue weighted by Gasteiger charge is -2.14. The van der Waals surface area contributed by atoms with E-state index >= 15 is 0 Å². The van der Waals surface area contributed by atoms with Gasteiger partial charge in [-0.1, -0.05) is 12.1 Å². The van der Waals surface area contributed by atoms with Crippen LogP contribution in [0.4, 0.5) is 5.69 Å². The molecule has 2 aliphatic heterocycles. The minimum absolute atomic E-state index is 0.545. The van der Waals surface area contributed by atoms with Crippen LogP contribution >= 0.6 is 11.9 Å².